The molecule has 1 rings (SSSR count). The molecule has 1 saturated heterocycles. The number of rotatable bonds is 4. The lowest BCUT2D eigenvalue weighted by Gasteiger charge is -2.33. The molecule has 0 bridgehead atoms. The summed E-state index contributed by atoms with van der Waals surface area (Å²) in [4.78, 5) is 23.2. The second kappa shape index (κ2) is 5.50. The van der Waals surface area contributed by atoms with E-state index in [0.717, 1.165) is 18.9 Å². The molecule has 5 nitrogen and oxygen atoms in total. The van der Waals surface area contributed by atoms with Crippen molar-refractivity contribution < 1.29 is 19.4 Å². The minimum atomic E-state index is -0.906. The third-order valence-corrected chi connectivity index (χ3v) is 2.31. The van der Waals surface area contributed by atoms with Crippen molar-refractivity contribution in [3.05, 3.63) is 12.7 Å². The highest BCUT2D eigenvalue weighted by atomic mass is 16.6. The standard InChI is InChI=1S/C10H15NO4/c1-2-10(14)15-8-5-3-4-6-11(8)7-9(12)13/h2,8H,1,3-7H2,(H,12,13). The molecule has 1 unspecified atom stereocenters. The quantitative estimate of drug-likeness (QED) is 0.547. The zero-order valence-corrected chi connectivity index (χ0v) is 8.52. The fourth-order valence-corrected chi connectivity index (χ4v) is 1.63. The lowest BCUT2D eigenvalue weighted by atomic mass is 10.1. The Morgan fingerprint density at radius 3 is 2.87 bits per heavy atom. The van der Waals surface area contributed by atoms with Crippen molar-refractivity contribution in [2.75, 3.05) is 13.1 Å². The normalized spacial score (nSPS) is 22.0. The van der Waals surface area contributed by atoms with Gasteiger partial charge in [0, 0.05) is 12.6 Å². The van der Waals surface area contributed by atoms with Crippen LogP contribution in [0.4, 0.5) is 0 Å². The second-order valence-electron chi connectivity index (χ2n) is 3.46. The van der Waals surface area contributed by atoms with Crippen LogP contribution in [-0.4, -0.2) is 41.3 Å². The smallest absolute Gasteiger partial charge is 0.331 e. The van der Waals surface area contributed by atoms with Crippen LogP contribution in [0.2, 0.25) is 0 Å². The molecule has 0 radical (unpaired) electrons. The van der Waals surface area contributed by atoms with E-state index < -0.39 is 18.2 Å². The topological polar surface area (TPSA) is 66.8 Å². The molecule has 5 heteroatoms. The van der Waals surface area contributed by atoms with Crippen molar-refractivity contribution >= 4 is 11.9 Å². The summed E-state index contributed by atoms with van der Waals surface area (Å²) in [5.74, 6) is -1.41. The van der Waals surface area contributed by atoms with Gasteiger partial charge in [0.15, 0.2) is 6.23 Å². The van der Waals surface area contributed by atoms with E-state index in [9.17, 15) is 9.59 Å². The molecular formula is C10H15NO4. The van der Waals surface area contributed by atoms with Gasteiger partial charge in [-0.05, 0) is 19.3 Å². The van der Waals surface area contributed by atoms with E-state index in [4.69, 9.17) is 9.84 Å². The minimum Gasteiger partial charge on any atom is -0.480 e. The molecule has 0 spiro atoms. The Morgan fingerprint density at radius 1 is 1.53 bits per heavy atom. The summed E-state index contributed by atoms with van der Waals surface area (Å²) in [6, 6.07) is 0. The zero-order chi connectivity index (χ0) is 11.3. The summed E-state index contributed by atoms with van der Waals surface area (Å²) in [5.41, 5.74) is 0. The van der Waals surface area contributed by atoms with Gasteiger partial charge in [-0.25, -0.2) is 4.79 Å². The molecule has 1 fully saturated rings. The Hall–Kier alpha value is -1.36. The van der Waals surface area contributed by atoms with Gasteiger partial charge in [-0.3, -0.25) is 9.69 Å². The first-order valence-corrected chi connectivity index (χ1v) is 4.92. The van der Waals surface area contributed by atoms with E-state index in [1.165, 1.54) is 0 Å². The average Bonchev–Trinajstić information content (AvgIpc) is 2.20. The van der Waals surface area contributed by atoms with Gasteiger partial charge in [-0.15, -0.1) is 0 Å². The lowest BCUT2D eigenvalue weighted by Crippen LogP contribution is -2.44. The van der Waals surface area contributed by atoms with Gasteiger partial charge in [0.25, 0.3) is 0 Å². The number of carboxylic acid groups (broad SMARTS) is 1. The molecule has 0 aromatic carbocycles. The number of hydrogen-bond acceptors (Lipinski definition) is 4. The Bertz CT molecular complexity index is 264. The van der Waals surface area contributed by atoms with E-state index in [0.29, 0.717) is 13.0 Å². The number of aliphatic carboxylic acids is 1. The first kappa shape index (κ1) is 11.7. The van der Waals surface area contributed by atoms with Crippen LogP contribution in [0.25, 0.3) is 0 Å². The first-order chi connectivity index (χ1) is 7.13. The molecule has 0 saturated carbocycles. The Morgan fingerprint density at radius 2 is 2.27 bits per heavy atom. The van der Waals surface area contributed by atoms with Gasteiger partial charge in [-0.2, -0.15) is 0 Å². The van der Waals surface area contributed by atoms with Gasteiger partial charge in [0.2, 0.25) is 0 Å². The number of esters is 1. The largest absolute Gasteiger partial charge is 0.480 e. The van der Waals surface area contributed by atoms with Crippen LogP contribution < -0.4 is 0 Å². The summed E-state index contributed by atoms with van der Waals surface area (Å²) in [7, 11) is 0. The number of piperidine rings is 1. The summed E-state index contributed by atoms with van der Waals surface area (Å²) in [5, 5.41) is 8.67. The zero-order valence-electron chi connectivity index (χ0n) is 8.52. The van der Waals surface area contributed by atoms with Crippen molar-refractivity contribution in [1.29, 1.82) is 0 Å². The predicted molar refractivity (Wildman–Crippen MR) is 53.1 cm³/mol. The maximum absolute atomic E-state index is 11.0. The van der Waals surface area contributed by atoms with E-state index in [-0.39, 0.29) is 6.54 Å². The highest BCUT2D eigenvalue weighted by Crippen LogP contribution is 2.17. The summed E-state index contributed by atoms with van der Waals surface area (Å²) < 4.78 is 5.06. The summed E-state index contributed by atoms with van der Waals surface area (Å²) in [6.07, 6.45) is 3.25. The van der Waals surface area contributed by atoms with Crippen LogP contribution in [-0.2, 0) is 14.3 Å². The fraction of sp³-hybridized carbons (Fsp3) is 0.600. The lowest BCUT2D eigenvalue weighted by molar-refractivity contribution is -0.161. The summed E-state index contributed by atoms with van der Waals surface area (Å²) in [6.45, 7) is 3.87. The van der Waals surface area contributed by atoms with Crippen molar-refractivity contribution in [3.63, 3.8) is 0 Å². The van der Waals surface area contributed by atoms with Crippen LogP contribution >= 0.6 is 0 Å². The van der Waals surface area contributed by atoms with Crippen molar-refractivity contribution in [3.8, 4) is 0 Å². The minimum absolute atomic E-state index is 0.0882. The number of carboxylic acids is 1. The Labute approximate surface area is 88.3 Å². The predicted octanol–water partition coefficient (Wildman–Crippen LogP) is 0.612. The molecule has 1 aliphatic heterocycles. The van der Waals surface area contributed by atoms with E-state index in [2.05, 4.69) is 6.58 Å². The molecule has 1 atom stereocenters. The van der Waals surface area contributed by atoms with E-state index in [1.54, 1.807) is 4.90 Å². The molecule has 1 aliphatic rings. The van der Waals surface area contributed by atoms with Gasteiger partial charge < -0.3 is 9.84 Å². The molecule has 1 N–H and O–H groups in total. The second-order valence-corrected chi connectivity index (χ2v) is 3.46. The monoisotopic (exact) mass is 213 g/mol. The van der Waals surface area contributed by atoms with Crippen LogP contribution in [0, 0.1) is 0 Å². The molecule has 0 aromatic heterocycles. The molecular weight excluding hydrogens is 198 g/mol. The molecule has 0 amide bonds. The van der Waals surface area contributed by atoms with Gasteiger partial charge >= 0.3 is 11.9 Å². The number of carbonyl (C=O) groups is 2. The number of nitrogens with zero attached hydrogens (tertiary/aromatic N) is 1. The van der Waals surface area contributed by atoms with E-state index in [1.807, 2.05) is 0 Å². The Kier molecular flexibility index (Phi) is 4.30. The third-order valence-electron chi connectivity index (χ3n) is 2.31. The maximum atomic E-state index is 11.0. The van der Waals surface area contributed by atoms with Crippen LogP contribution in [0.5, 0.6) is 0 Å². The maximum Gasteiger partial charge on any atom is 0.331 e. The van der Waals surface area contributed by atoms with Gasteiger partial charge in [-0.1, -0.05) is 6.58 Å². The first-order valence-electron chi connectivity index (χ1n) is 4.92. The average molecular weight is 213 g/mol. The fourth-order valence-electron chi connectivity index (χ4n) is 1.63. The van der Waals surface area contributed by atoms with E-state index >= 15 is 0 Å². The number of likely N-dealkylation sites (tertiary alicyclic amines) is 1. The number of ether oxygens (including phenoxy) is 1. The van der Waals surface area contributed by atoms with Crippen LogP contribution in [0.15, 0.2) is 12.7 Å². The van der Waals surface area contributed by atoms with Gasteiger partial charge in [0.05, 0.1) is 6.54 Å². The SMILES string of the molecule is C=CC(=O)OC1CCCCN1CC(=O)O. The third kappa shape index (κ3) is 3.71. The highest BCUT2D eigenvalue weighted by molar-refractivity contribution is 5.81. The Balaban J connectivity index is 2.52. The van der Waals surface area contributed by atoms with Crippen LogP contribution in [0.3, 0.4) is 0 Å². The van der Waals surface area contributed by atoms with Crippen LogP contribution in [0.1, 0.15) is 19.3 Å². The molecule has 1 heterocycles. The van der Waals surface area contributed by atoms with Gasteiger partial charge in [0.1, 0.15) is 0 Å². The molecule has 0 aliphatic carbocycles. The van der Waals surface area contributed by atoms with Crippen molar-refractivity contribution in [1.82, 2.24) is 4.90 Å². The number of hydrogen-bond donors (Lipinski definition) is 1. The number of carbonyl (C=O) groups excluding carboxylic acids is 1. The van der Waals surface area contributed by atoms with Crippen molar-refractivity contribution in [2.45, 2.75) is 25.5 Å². The molecule has 15 heavy (non-hydrogen) atoms. The van der Waals surface area contributed by atoms with Crippen molar-refractivity contribution in [2.24, 2.45) is 0 Å². The molecule has 0 aromatic rings. The summed E-state index contributed by atoms with van der Waals surface area (Å²) >= 11 is 0. The molecule has 84 valence electrons. The highest BCUT2D eigenvalue weighted by Gasteiger charge is 2.26.